The first-order valence-corrected chi connectivity index (χ1v) is 5.67. The molecule has 0 N–H and O–H groups in total. The van der Waals surface area contributed by atoms with Gasteiger partial charge >= 0.3 is 0 Å². The van der Waals surface area contributed by atoms with Crippen LogP contribution in [-0.4, -0.2) is 5.78 Å². The topological polar surface area (TPSA) is 17.1 Å². The molecule has 0 spiro atoms. The third-order valence-corrected chi connectivity index (χ3v) is 4.58. The zero-order chi connectivity index (χ0) is 9.47. The van der Waals surface area contributed by atoms with Crippen LogP contribution in [0.25, 0.3) is 0 Å². The maximum absolute atomic E-state index is 11.8. The summed E-state index contributed by atoms with van der Waals surface area (Å²) in [6, 6.07) is 0. The van der Waals surface area contributed by atoms with Gasteiger partial charge in [0, 0.05) is 12.3 Å². The number of fused-ring (bicyclic) bond motifs is 1. The Morgan fingerprint density at radius 3 is 2.77 bits per heavy atom. The minimum Gasteiger partial charge on any atom is -0.299 e. The van der Waals surface area contributed by atoms with Crippen LogP contribution in [0.2, 0.25) is 0 Å². The van der Waals surface area contributed by atoms with Crippen molar-refractivity contribution in [2.45, 2.75) is 52.4 Å². The zero-order valence-corrected chi connectivity index (χ0v) is 8.81. The molecule has 0 aromatic heterocycles. The lowest BCUT2D eigenvalue weighted by atomic mass is 9.56. The molecule has 2 fully saturated rings. The molecule has 1 nitrogen and oxygen atoms in total. The molecular formula is C12H20O. The van der Waals surface area contributed by atoms with E-state index in [1.165, 1.54) is 25.7 Å². The van der Waals surface area contributed by atoms with E-state index in [-0.39, 0.29) is 0 Å². The number of carbonyl (C=O) groups is 1. The van der Waals surface area contributed by atoms with E-state index < -0.39 is 0 Å². The summed E-state index contributed by atoms with van der Waals surface area (Å²) in [6.45, 7) is 4.68. The van der Waals surface area contributed by atoms with E-state index in [9.17, 15) is 4.79 Å². The fraction of sp³-hybridized carbons (Fsp3) is 0.917. The Bertz CT molecular complexity index is 221. The van der Waals surface area contributed by atoms with Gasteiger partial charge in [0.1, 0.15) is 5.78 Å². The van der Waals surface area contributed by atoms with Gasteiger partial charge in [-0.15, -0.1) is 0 Å². The molecule has 2 rings (SSSR count). The van der Waals surface area contributed by atoms with E-state index in [2.05, 4.69) is 13.8 Å². The van der Waals surface area contributed by atoms with Gasteiger partial charge in [0.2, 0.25) is 0 Å². The number of ketones is 1. The second kappa shape index (κ2) is 3.11. The Balaban J connectivity index is 2.24. The van der Waals surface area contributed by atoms with Crippen molar-refractivity contribution in [2.24, 2.45) is 17.3 Å². The summed E-state index contributed by atoms with van der Waals surface area (Å²) in [4.78, 5) is 11.8. The van der Waals surface area contributed by atoms with Crippen molar-refractivity contribution in [1.82, 2.24) is 0 Å². The second-order valence-electron chi connectivity index (χ2n) is 5.21. The molecule has 3 atom stereocenters. The Labute approximate surface area is 80.9 Å². The van der Waals surface area contributed by atoms with Crippen LogP contribution < -0.4 is 0 Å². The van der Waals surface area contributed by atoms with E-state index in [1.807, 2.05) is 0 Å². The second-order valence-corrected chi connectivity index (χ2v) is 5.21. The van der Waals surface area contributed by atoms with Crippen molar-refractivity contribution in [3.8, 4) is 0 Å². The molecule has 74 valence electrons. The van der Waals surface area contributed by atoms with Crippen LogP contribution in [0.1, 0.15) is 52.4 Å². The van der Waals surface area contributed by atoms with Gasteiger partial charge in [-0.1, -0.05) is 26.7 Å². The quantitative estimate of drug-likeness (QED) is 0.559. The maximum atomic E-state index is 11.8. The average Bonchev–Trinajstić information content (AvgIpc) is 2.08. The lowest BCUT2D eigenvalue weighted by Crippen LogP contribution is -2.44. The van der Waals surface area contributed by atoms with Gasteiger partial charge in [0.15, 0.2) is 0 Å². The standard InChI is InChI=1S/C12H20O/c1-9-5-3-6-10-11(13)7-4-8-12(9,10)2/h9-10H,3-8H2,1-2H3/t9-,10?,12+/m0/s1. The maximum Gasteiger partial charge on any atom is 0.136 e. The fourth-order valence-electron chi connectivity index (χ4n) is 3.40. The highest BCUT2D eigenvalue weighted by Gasteiger charge is 2.46. The summed E-state index contributed by atoms with van der Waals surface area (Å²) in [5.41, 5.74) is 0.355. The predicted molar refractivity (Wildman–Crippen MR) is 53.5 cm³/mol. The molecule has 0 saturated heterocycles. The number of hydrogen-bond acceptors (Lipinski definition) is 1. The lowest BCUT2D eigenvalue weighted by Gasteiger charge is -2.48. The predicted octanol–water partition coefficient (Wildman–Crippen LogP) is 3.18. The number of hydrogen-bond donors (Lipinski definition) is 0. The molecule has 0 aromatic carbocycles. The van der Waals surface area contributed by atoms with Crippen molar-refractivity contribution in [3.05, 3.63) is 0 Å². The van der Waals surface area contributed by atoms with Gasteiger partial charge in [0.25, 0.3) is 0 Å². The smallest absolute Gasteiger partial charge is 0.136 e. The van der Waals surface area contributed by atoms with E-state index in [1.54, 1.807) is 0 Å². The first-order chi connectivity index (χ1) is 6.14. The highest BCUT2D eigenvalue weighted by atomic mass is 16.1. The van der Waals surface area contributed by atoms with Crippen molar-refractivity contribution >= 4 is 5.78 Å². The van der Waals surface area contributed by atoms with Crippen molar-refractivity contribution in [2.75, 3.05) is 0 Å². The highest BCUT2D eigenvalue weighted by molar-refractivity contribution is 5.82. The summed E-state index contributed by atoms with van der Waals surface area (Å²) < 4.78 is 0. The van der Waals surface area contributed by atoms with Gasteiger partial charge in [-0.2, -0.15) is 0 Å². The molecule has 0 bridgehead atoms. The molecule has 2 saturated carbocycles. The van der Waals surface area contributed by atoms with E-state index in [4.69, 9.17) is 0 Å². The van der Waals surface area contributed by atoms with E-state index >= 15 is 0 Å². The van der Waals surface area contributed by atoms with Crippen LogP contribution in [0, 0.1) is 17.3 Å². The summed E-state index contributed by atoms with van der Waals surface area (Å²) in [6.07, 6.45) is 7.04. The zero-order valence-electron chi connectivity index (χ0n) is 8.81. The van der Waals surface area contributed by atoms with Crippen LogP contribution >= 0.6 is 0 Å². The van der Waals surface area contributed by atoms with Crippen LogP contribution in [0.3, 0.4) is 0 Å². The van der Waals surface area contributed by atoms with Crippen molar-refractivity contribution in [1.29, 1.82) is 0 Å². The average molecular weight is 180 g/mol. The van der Waals surface area contributed by atoms with E-state index in [0.717, 1.165) is 18.8 Å². The molecule has 0 aliphatic heterocycles. The third-order valence-electron chi connectivity index (χ3n) is 4.58. The van der Waals surface area contributed by atoms with Crippen molar-refractivity contribution < 1.29 is 4.79 Å². The Morgan fingerprint density at radius 1 is 1.31 bits per heavy atom. The molecule has 13 heavy (non-hydrogen) atoms. The largest absolute Gasteiger partial charge is 0.299 e. The Hall–Kier alpha value is -0.330. The normalized spacial score (nSPS) is 45.8. The summed E-state index contributed by atoms with van der Waals surface area (Å²) >= 11 is 0. The monoisotopic (exact) mass is 180 g/mol. The molecule has 0 heterocycles. The SMILES string of the molecule is C[C@H]1CCCC2C(=O)CCC[C@@]21C. The van der Waals surface area contributed by atoms with Gasteiger partial charge < -0.3 is 0 Å². The molecule has 2 aliphatic carbocycles. The minimum atomic E-state index is 0.355. The molecular weight excluding hydrogens is 160 g/mol. The number of carbonyl (C=O) groups excluding carboxylic acids is 1. The van der Waals surface area contributed by atoms with Gasteiger partial charge in [-0.05, 0) is 30.6 Å². The number of rotatable bonds is 0. The highest BCUT2D eigenvalue weighted by Crippen LogP contribution is 2.51. The van der Waals surface area contributed by atoms with Crippen LogP contribution in [0.15, 0.2) is 0 Å². The van der Waals surface area contributed by atoms with Crippen LogP contribution in [-0.2, 0) is 4.79 Å². The number of Topliss-reactive ketones (excluding diaryl/α,β-unsaturated/α-hetero) is 1. The molecule has 0 radical (unpaired) electrons. The summed E-state index contributed by atoms with van der Waals surface area (Å²) in [7, 11) is 0. The summed E-state index contributed by atoms with van der Waals surface area (Å²) in [5, 5.41) is 0. The van der Waals surface area contributed by atoms with Crippen LogP contribution in [0.5, 0.6) is 0 Å². The van der Waals surface area contributed by atoms with E-state index in [0.29, 0.717) is 17.1 Å². The lowest BCUT2D eigenvalue weighted by molar-refractivity contribution is -0.135. The first-order valence-electron chi connectivity index (χ1n) is 5.67. The molecule has 0 amide bonds. The van der Waals surface area contributed by atoms with Crippen LogP contribution in [0.4, 0.5) is 0 Å². The molecule has 2 aliphatic rings. The molecule has 1 heteroatoms. The minimum absolute atomic E-state index is 0.355. The van der Waals surface area contributed by atoms with Gasteiger partial charge in [-0.3, -0.25) is 4.79 Å². The molecule has 1 unspecified atom stereocenters. The third kappa shape index (κ3) is 1.33. The molecule has 0 aromatic rings. The first kappa shape index (κ1) is 9.23. The van der Waals surface area contributed by atoms with Gasteiger partial charge in [0.05, 0.1) is 0 Å². The van der Waals surface area contributed by atoms with Gasteiger partial charge in [-0.25, -0.2) is 0 Å². The Kier molecular flexibility index (Phi) is 2.21. The Morgan fingerprint density at radius 2 is 2.08 bits per heavy atom. The fourth-order valence-corrected chi connectivity index (χ4v) is 3.40. The van der Waals surface area contributed by atoms with Crippen molar-refractivity contribution in [3.63, 3.8) is 0 Å². The summed E-state index contributed by atoms with van der Waals surface area (Å²) in [5.74, 6) is 1.72.